The van der Waals surface area contributed by atoms with Gasteiger partial charge in [0.25, 0.3) is 0 Å². The van der Waals surface area contributed by atoms with E-state index in [0.717, 1.165) is 18.7 Å². The van der Waals surface area contributed by atoms with Gasteiger partial charge in [-0.15, -0.1) is 0 Å². The number of hydrogen-bond acceptors (Lipinski definition) is 3. The maximum absolute atomic E-state index is 11.7. The molecule has 0 spiro atoms. The molecule has 1 heterocycles. The number of carbonyl (C=O) groups is 1. The second-order valence-electron chi connectivity index (χ2n) is 6.18. The van der Waals surface area contributed by atoms with Crippen molar-refractivity contribution in [1.29, 1.82) is 0 Å². The van der Waals surface area contributed by atoms with E-state index in [9.17, 15) is 4.79 Å². The number of anilines is 1. The minimum absolute atomic E-state index is 0.0111. The van der Waals surface area contributed by atoms with E-state index in [-0.39, 0.29) is 11.3 Å². The Morgan fingerprint density at radius 3 is 2.63 bits per heavy atom. The lowest BCUT2D eigenvalue weighted by Crippen LogP contribution is -2.24. The molecule has 0 radical (unpaired) electrons. The fraction of sp³-hybridized carbons (Fsp3) is 0.714. The van der Waals surface area contributed by atoms with Crippen molar-refractivity contribution in [1.82, 2.24) is 15.5 Å². The van der Waals surface area contributed by atoms with Gasteiger partial charge in [0.05, 0.1) is 0 Å². The van der Waals surface area contributed by atoms with Crippen LogP contribution in [-0.2, 0) is 10.2 Å². The van der Waals surface area contributed by atoms with Crippen molar-refractivity contribution >= 4 is 11.7 Å². The summed E-state index contributed by atoms with van der Waals surface area (Å²) in [5.41, 5.74) is 1.03. The monoisotopic (exact) mass is 266 g/mol. The fourth-order valence-corrected chi connectivity index (χ4v) is 1.61. The molecular formula is C14H26N4O. The highest BCUT2D eigenvalue weighted by Gasteiger charge is 2.17. The van der Waals surface area contributed by atoms with Crippen molar-refractivity contribution in [3.63, 3.8) is 0 Å². The lowest BCUT2D eigenvalue weighted by Gasteiger charge is -2.14. The molecule has 0 atom stereocenters. The largest absolute Gasteiger partial charge is 0.315 e. The molecule has 0 aromatic carbocycles. The number of H-pyrrole nitrogens is 1. The first-order chi connectivity index (χ1) is 8.79. The normalized spacial score (nSPS) is 11.9. The van der Waals surface area contributed by atoms with E-state index in [1.165, 1.54) is 0 Å². The number of amides is 1. The molecule has 0 saturated heterocycles. The van der Waals surface area contributed by atoms with E-state index in [0.29, 0.717) is 18.3 Å². The van der Waals surface area contributed by atoms with Gasteiger partial charge in [-0.1, -0.05) is 34.6 Å². The summed E-state index contributed by atoms with van der Waals surface area (Å²) < 4.78 is 0. The summed E-state index contributed by atoms with van der Waals surface area (Å²) in [4.78, 5) is 11.7. The van der Waals surface area contributed by atoms with Crippen LogP contribution in [-0.4, -0.2) is 28.7 Å². The third-order valence-corrected chi connectivity index (χ3v) is 2.79. The molecule has 3 N–H and O–H groups in total. The van der Waals surface area contributed by atoms with Crippen LogP contribution in [0.15, 0.2) is 6.07 Å². The summed E-state index contributed by atoms with van der Waals surface area (Å²) in [6.07, 6.45) is 1.35. The highest BCUT2D eigenvalue weighted by Crippen LogP contribution is 2.21. The Balaban J connectivity index is 2.34. The van der Waals surface area contributed by atoms with Gasteiger partial charge in [-0.05, 0) is 13.0 Å². The van der Waals surface area contributed by atoms with Crippen LogP contribution in [0, 0.1) is 0 Å². The number of aromatic nitrogens is 2. The van der Waals surface area contributed by atoms with Gasteiger partial charge >= 0.3 is 0 Å². The smallest absolute Gasteiger partial charge is 0.225 e. The van der Waals surface area contributed by atoms with Crippen molar-refractivity contribution in [2.24, 2.45) is 0 Å². The molecule has 19 heavy (non-hydrogen) atoms. The predicted molar refractivity (Wildman–Crippen MR) is 78.3 cm³/mol. The Morgan fingerprint density at radius 2 is 2.11 bits per heavy atom. The summed E-state index contributed by atoms with van der Waals surface area (Å²) in [5, 5.41) is 13.2. The molecule has 0 unspecified atom stereocenters. The average Bonchev–Trinajstić information content (AvgIpc) is 2.72. The van der Waals surface area contributed by atoms with Crippen molar-refractivity contribution in [2.45, 2.75) is 58.9 Å². The lowest BCUT2D eigenvalue weighted by atomic mass is 9.92. The van der Waals surface area contributed by atoms with E-state index in [2.05, 4.69) is 55.4 Å². The molecule has 1 amide bonds. The number of nitrogens with zero attached hydrogens (tertiary/aromatic N) is 1. The molecule has 0 aliphatic heterocycles. The molecule has 0 bridgehead atoms. The van der Waals surface area contributed by atoms with E-state index < -0.39 is 0 Å². The minimum atomic E-state index is 0.0111. The second-order valence-corrected chi connectivity index (χ2v) is 6.18. The van der Waals surface area contributed by atoms with Gasteiger partial charge in [0.1, 0.15) is 0 Å². The molecule has 0 aliphatic carbocycles. The van der Waals surface area contributed by atoms with E-state index in [4.69, 9.17) is 0 Å². The van der Waals surface area contributed by atoms with Gasteiger partial charge in [0.2, 0.25) is 5.91 Å². The third-order valence-electron chi connectivity index (χ3n) is 2.79. The summed E-state index contributed by atoms with van der Waals surface area (Å²) >= 11 is 0. The van der Waals surface area contributed by atoms with Crippen molar-refractivity contribution in [3.8, 4) is 0 Å². The molecule has 5 nitrogen and oxygen atoms in total. The number of rotatable bonds is 6. The molecule has 5 heteroatoms. The van der Waals surface area contributed by atoms with Gasteiger partial charge in [0.15, 0.2) is 5.82 Å². The molecular weight excluding hydrogens is 240 g/mol. The zero-order valence-electron chi connectivity index (χ0n) is 12.6. The van der Waals surface area contributed by atoms with E-state index in [1.54, 1.807) is 0 Å². The topological polar surface area (TPSA) is 69.8 Å². The standard InChI is InChI=1S/C14H26N4O/c1-10(2)15-8-6-7-13(19)16-12-9-11(17-18-12)14(3,4)5/h9-10,15H,6-8H2,1-5H3,(H2,16,17,18,19). The zero-order valence-corrected chi connectivity index (χ0v) is 12.6. The molecule has 1 rings (SSSR count). The van der Waals surface area contributed by atoms with Crippen LogP contribution >= 0.6 is 0 Å². The van der Waals surface area contributed by atoms with Crippen molar-refractivity contribution in [2.75, 3.05) is 11.9 Å². The van der Waals surface area contributed by atoms with Crippen LogP contribution in [0.1, 0.15) is 53.2 Å². The molecule has 0 aliphatic rings. The maximum Gasteiger partial charge on any atom is 0.225 e. The number of carbonyl (C=O) groups excluding carboxylic acids is 1. The van der Waals surface area contributed by atoms with E-state index >= 15 is 0 Å². The summed E-state index contributed by atoms with van der Waals surface area (Å²) in [7, 11) is 0. The zero-order chi connectivity index (χ0) is 14.5. The van der Waals surface area contributed by atoms with Crippen LogP contribution < -0.4 is 10.6 Å². The molecule has 108 valence electrons. The van der Waals surface area contributed by atoms with E-state index in [1.807, 2.05) is 6.07 Å². The van der Waals surface area contributed by atoms with Gasteiger partial charge < -0.3 is 10.6 Å². The summed E-state index contributed by atoms with van der Waals surface area (Å²) in [6.45, 7) is 11.4. The van der Waals surface area contributed by atoms with Crippen LogP contribution in [0.4, 0.5) is 5.82 Å². The summed E-state index contributed by atoms with van der Waals surface area (Å²) in [5.74, 6) is 0.615. The Kier molecular flexibility index (Phi) is 5.54. The average molecular weight is 266 g/mol. The predicted octanol–water partition coefficient (Wildman–Crippen LogP) is 2.42. The quantitative estimate of drug-likeness (QED) is 0.693. The van der Waals surface area contributed by atoms with Crippen molar-refractivity contribution < 1.29 is 4.79 Å². The van der Waals surface area contributed by atoms with Crippen LogP contribution in [0.5, 0.6) is 0 Å². The second kappa shape index (κ2) is 6.70. The van der Waals surface area contributed by atoms with Crippen LogP contribution in [0.2, 0.25) is 0 Å². The first-order valence-electron chi connectivity index (χ1n) is 6.88. The van der Waals surface area contributed by atoms with Crippen LogP contribution in [0.3, 0.4) is 0 Å². The molecule has 0 fully saturated rings. The van der Waals surface area contributed by atoms with Gasteiger partial charge in [0, 0.05) is 29.6 Å². The van der Waals surface area contributed by atoms with Crippen molar-refractivity contribution in [3.05, 3.63) is 11.8 Å². The third kappa shape index (κ3) is 5.87. The Bertz CT molecular complexity index is 404. The number of hydrogen-bond donors (Lipinski definition) is 3. The van der Waals surface area contributed by atoms with Gasteiger partial charge in [-0.3, -0.25) is 9.89 Å². The van der Waals surface area contributed by atoms with Crippen LogP contribution in [0.25, 0.3) is 0 Å². The Hall–Kier alpha value is -1.36. The first kappa shape index (κ1) is 15.7. The number of aromatic amines is 1. The SMILES string of the molecule is CC(C)NCCCC(=O)Nc1cc(C(C)(C)C)[nH]n1. The Labute approximate surface area is 115 Å². The highest BCUT2D eigenvalue weighted by molar-refractivity contribution is 5.89. The summed E-state index contributed by atoms with van der Waals surface area (Å²) in [6, 6.07) is 2.35. The maximum atomic E-state index is 11.7. The fourth-order valence-electron chi connectivity index (χ4n) is 1.61. The minimum Gasteiger partial charge on any atom is -0.315 e. The molecule has 1 aromatic rings. The van der Waals surface area contributed by atoms with Gasteiger partial charge in [-0.25, -0.2) is 0 Å². The molecule has 1 aromatic heterocycles. The lowest BCUT2D eigenvalue weighted by molar-refractivity contribution is -0.116. The number of nitrogens with one attached hydrogen (secondary N) is 3. The highest BCUT2D eigenvalue weighted by atomic mass is 16.1. The van der Waals surface area contributed by atoms with Gasteiger partial charge in [-0.2, -0.15) is 5.10 Å². The first-order valence-corrected chi connectivity index (χ1v) is 6.88. The Morgan fingerprint density at radius 1 is 1.42 bits per heavy atom. The molecule has 0 saturated carbocycles.